The standard InChI is InChI=1S/C21H26N2O2/c1-3-17(2)25-20-11-9-18(10-12-20)21(24)23-15-13-22(14-16-23)19-7-5-4-6-8-19/h4-12,17H,3,13-16H2,1-2H3/t17-/m0/s1. The molecule has 0 saturated carbocycles. The van der Waals surface area contributed by atoms with Crippen LogP contribution in [0, 0.1) is 0 Å². The minimum Gasteiger partial charge on any atom is -0.491 e. The van der Waals surface area contributed by atoms with Crippen LogP contribution in [0.1, 0.15) is 30.6 Å². The minimum absolute atomic E-state index is 0.0998. The van der Waals surface area contributed by atoms with Gasteiger partial charge in [-0.05, 0) is 49.7 Å². The van der Waals surface area contributed by atoms with Gasteiger partial charge in [0, 0.05) is 37.4 Å². The van der Waals surface area contributed by atoms with Crippen molar-refractivity contribution in [3.63, 3.8) is 0 Å². The van der Waals surface area contributed by atoms with Gasteiger partial charge in [0.1, 0.15) is 5.75 Å². The van der Waals surface area contributed by atoms with Gasteiger partial charge in [0.2, 0.25) is 0 Å². The van der Waals surface area contributed by atoms with E-state index in [1.54, 1.807) is 0 Å². The fourth-order valence-electron chi connectivity index (χ4n) is 2.98. The molecule has 1 aliphatic rings. The van der Waals surface area contributed by atoms with Crippen LogP contribution in [-0.2, 0) is 0 Å². The van der Waals surface area contributed by atoms with Gasteiger partial charge in [-0.15, -0.1) is 0 Å². The van der Waals surface area contributed by atoms with E-state index in [4.69, 9.17) is 4.74 Å². The van der Waals surface area contributed by atoms with Gasteiger partial charge in [0.15, 0.2) is 0 Å². The second kappa shape index (κ2) is 8.06. The van der Waals surface area contributed by atoms with Crippen LogP contribution >= 0.6 is 0 Å². The number of hydrogen-bond donors (Lipinski definition) is 0. The Balaban J connectivity index is 1.57. The van der Waals surface area contributed by atoms with Crippen LogP contribution in [0.5, 0.6) is 5.75 Å². The third-order valence-electron chi connectivity index (χ3n) is 4.70. The van der Waals surface area contributed by atoms with E-state index in [0.717, 1.165) is 43.9 Å². The molecular weight excluding hydrogens is 312 g/mol. The summed E-state index contributed by atoms with van der Waals surface area (Å²) in [5.74, 6) is 0.919. The highest BCUT2D eigenvalue weighted by molar-refractivity contribution is 5.94. The first-order valence-corrected chi connectivity index (χ1v) is 9.03. The molecule has 0 unspecified atom stereocenters. The third-order valence-corrected chi connectivity index (χ3v) is 4.70. The predicted molar refractivity (Wildman–Crippen MR) is 101 cm³/mol. The summed E-state index contributed by atoms with van der Waals surface area (Å²) in [6.07, 6.45) is 1.15. The van der Waals surface area contributed by atoms with Gasteiger partial charge < -0.3 is 14.5 Å². The van der Waals surface area contributed by atoms with Crippen molar-refractivity contribution in [3.05, 3.63) is 60.2 Å². The topological polar surface area (TPSA) is 32.8 Å². The van der Waals surface area contributed by atoms with E-state index in [-0.39, 0.29) is 12.0 Å². The van der Waals surface area contributed by atoms with Crippen molar-refractivity contribution in [2.45, 2.75) is 26.4 Å². The first-order valence-electron chi connectivity index (χ1n) is 9.03. The molecule has 0 aromatic heterocycles. The molecule has 0 N–H and O–H groups in total. The highest BCUT2D eigenvalue weighted by Gasteiger charge is 2.22. The SMILES string of the molecule is CC[C@H](C)Oc1ccc(C(=O)N2CCN(c3ccccc3)CC2)cc1. The summed E-state index contributed by atoms with van der Waals surface area (Å²) in [5.41, 5.74) is 1.95. The molecule has 4 nitrogen and oxygen atoms in total. The normalized spacial score (nSPS) is 15.8. The quantitative estimate of drug-likeness (QED) is 0.831. The number of benzene rings is 2. The van der Waals surface area contributed by atoms with E-state index >= 15 is 0 Å². The zero-order valence-electron chi connectivity index (χ0n) is 15.0. The van der Waals surface area contributed by atoms with Crippen molar-refractivity contribution in [1.82, 2.24) is 4.90 Å². The van der Waals surface area contributed by atoms with Gasteiger partial charge in [0.05, 0.1) is 6.10 Å². The Morgan fingerprint density at radius 3 is 2.24 bits per heavy atom. The number of amides is 1. The molecule has 25 heavy (non-hydrogen) atoms. The van der Waals surface area contributed by atoms with Crippen molar-refractivity contribution in [3.8, 4) is 5.75 Å². The lowest BCUT2D eigenvalue weighted by Gasteiger charge is -2.36. The number of anilines is 1. The van der Waals surface area contributed by atoms with Gasteiger partial charge in [-0.1, -0.05) is 25.1 Å². The molecule has 4 heteroatoms. The van der Waals surface area contributed by atoms with E-state index in [1.165, 1.54) is 5.69 Å². The van der Waals surface area contributed by atoms with E-state index < -0.39 is 0 Å². The summed E-state index contributed by atoms with van der Waals surface area (Å²) in [6.45, 7) is 7.37. The number of para-hydroxylation sites is 1. The van der Waals surface area contributed by atoms with E-state index in [2.05, 4.69) is 36.1 Å². The first kappa shape index (κ1) is 17.3. The number of piperazine rings is 1. The van der Waals surface area contributed by atoms with Crippen molar-refractivity contribution < 1.29 is 9.53 Å². The van der Waals surface area contributed by atoms with E-state index in [9.17, 15) is 4.79 Å². The first-order chi connectivity index (χ1) is 12.2. The summed E-state index contributed by atoms with van der Waals surface area (Å²) < 4.78 is 5.78. The third kappa shape index (κ3) is 4.32. The highest BCUT2D eigenvalue weighted by Crippen LogP contribution is 2.19. The monoisotopic (exact) mass is 338 g/mol. The Hall–Kier alpha value is -2.49. The van der Waals surface area contributed by atoms with Gasteiger partial charge in [-0.25, -0.2) is 0 Å². The fourth-order valence-corrected chi connectivity index (χ4v) is 2.98. The number of carbonyl (C=O) groups is 1. The number of nitrogens with zero attached hydrogens (tertiary/aromatic N) is 2. The molecule has 2 aromatic rings. The summed E-state index contributed by atoms with van der Waals surface area (Å²) in [7, 11) is 0. The lowest BCUT2D eigenvalue weighted by atomic mass is 10.1. The Labute approximate surface area is 150 Å². The van der Waals surface area contributed by atoms with Crippen molar-refractivity contribution >= 4 is 11.6 Å². The van der Waals surface area contributed by atoms with Crippen LogP contribution in [0.15, 0.2) is 54.6 Å². The summed E-state index contributed by atoms with van der Waals surface area (Å²) in [4.78, 5) is 17.0. The molecule has 1 aliphatic heterocycles. The number of rotatable bonds is 5. The average Bonchev–Trinajstić information content (AvgIpc) is 2.69. The Kier molecular flexibility index (Phi) is 5.59. The van der Waals surface area contributed by atoms with Crippen LogP contribution in [-0.4, -0.2) is 43.1 Å². The Bertz CT molecular complexity index is 677. The number of ether oxygens (including phenoxy) is 1. The fraction of sp³-hybridized carbons (Fsp3) is 0.381. The van der Waals surface area contributed by atoms with Gasteiger partial charge in [-0.2, -0.15) is 0 Å². The summed E-state index contributed by atoms with van der Waals surface area (Å²) in [5, 5.41) is 0. The average molecular weight is 338 g/mol. The Morgan fingerprint density at radius 2 is 1.64 bits per heavy atom. The molecule has 132 valence electrons. The van der Waals surface area contributed by atoms with Crippen LogP contribution in [0.4, 0.5) is 5.69 Å². The van der Waals surface area contributed by atoms with Crippen LogP contribution < -0.4 is 9.64 Å². The zero-order valence-corrected chi connectivity index (χ0v) is 15.0. The number of hydrogen-bond acceptors (Lipinski definition) is 3. The second-order valence-corrected chi connectivity index (χ2v) is 6.48. The van der Waals surface area contributed by atoms with Gasteiger partial charge in [0.25, 0.3) is 5.91 Å². The second-order valence-electron chi connectivity index (χ2n) is 6.48. The zero-order chi connectivity index (χ0) is 17.6. The van der Waals surface area contributed by atoms with Gasteiger partial charge in [-0.3, -0.25) is 4.79 Å². The molecular formula is C21H26N2O2. The smallest absolute Gasteiger partial charge is 0.253 e. The minimum atomic E-state index is 0.0998. The molecule has 1 saturated heterocycles. The molecule has 1 fully saturated rings. The Morgan fingerprint density at radius 1 is 1.00 bits per heavy atom. The summed E-state index contributed by atoms with van der Waals surface area (Å²) >= 11 is 0. The lowest BCUT2D eigenvalue weighted by Crippen LogP contribution is -2.48. The molecule has 2 aromatic carbocycles. The van der Waals surface area contributed by atoms with E-state index in [0.29, 0.717) is 0 Å². The maximum atomic E-state index is 12.7. The molecule has 0 aliphatic carbocycles. The maximum Gasteiger partial charge on any atom is 0.253 e. The van der Waals surface area contributed by atoms with Crippen LogP contribution in [0.25, 0.3) is 0 Å². The molecule has 0 bridgehead atoms. The number of carbonyl (C=O) groups excluding carboxylic acids is 1. The molecule has 1 atom stereocenters. The van der Waals surface area contributed by atoms with Crippen molar-refractivity contribution in [2.75, 3.05) is 31.1 Å². The molecule has 3 rings (SSSR count). The van der Waals surface area contributed by atoms with Gasteiger partial charge >= 0.3 is 0 Å². The van der Waals surface area contributed by atoms with Crippen LogP contribution in [0.3, 0.4) is 0 Å². The molecule has 0 spiro atoms. The maximum absolute atomic E-state index is 12.7. The molecule has 0 radical (unpaired) electrons. The lowest BCUT2D eigenvalue weighted by molar-refractivity contribution is 0.0746. The van der Waals surface area contributed by atoms with E-state index in [1.807, 2.05) is 42.2 Å². The largest absolute Gasteiger partial charge is 0.491 e. The summed E-state index contributed by atoms with van der Waals surface area (Å²) in [6, 6.07) is 17.9. The predicted octanol–water partition coefficient (Wildman–Crippen LogP) is 3.83. The molecule has 1 amide bonds. The molecule has 1 heterocycles. The van der Waals surface area contributed by atoms with Crippen molar-refractivity contribution in [1.29, 1.82) is 0 Å². The highest BCUT2D eigenvalue weighted by atomic mass is 16.5. The van der Waals surface area contributed by atoms with Crippen molar-refractivity contribution in [2.24, 2.45) is 0 Å². The van der Waals surface area contributed by atoms with Crippen LogP contribution in [0.2, 0.25) is 0 Å².